The number of nitrogens with zero attached hydrogens (tertiary/aromatic N) is 1. The maximum absolute atomic E-state index is 9.76. The molecule has 0 amide bonds. The molecule has 1 aliphatic heterocycles. The van der Waals surface area contributed by atoms with Crippen molar-refractivity contribution in [2.45, 2.75) is 26.0 Å². The summed E-state index contributed by atoms with van der Waals surface area (Å²) in [6.07, 6.45) is 0.794. The second-order valence-electron chi connectivity index (χ2n) is 5.68. The van der Waals surface area contributed by atoms with Crippen molar-refractivity contribution >= 4 is 17.3 Å². The standard InChI is InChI=1S/C16H25ClN2O2/c1-12(20)13-5-7-19(11-13)16-4-3-15(17)9-14(16)10-18-6-8-21-2/h3-4,9,12-13,18,20H,5-8,10-11H2,1-2H3. The molecule has 5 heteroatoms. The van der Waals surface area contributed by atoms with E-state index in [4.69, 9.17) is 16.3 Å². The Labute approximate surface area is 132 Å². The Kier molecular flexibility index (Phi) is 6.30. The zero-order valence-corrected chi connectivity index (χ0v) is 13.6. The fraction of sp³-hybridized carbons (Fsp3) is 0.625. The normalized spacial score (nSPS) is 20.0. The van der Waals surface area contributed by atoms with E-state index < -0.39 is 0 Å². The predicted molar refractivity (Wildman–Crippen MR) is 87.0 cm³/mol. The molecule has 2 rings (SSSR count). The first-order valence-electron chi connectivity index (χ1n) is 7.53. The molecular weight excluding hydrogens is 288 g/mol. The zero-order chi connectivity index (χ0) is 15.2. The molecule has 1 fully saturated rings. The van der Waals surface area contributed by atoms with Gasteiger partial charge in [0.15, 0.2) is 0 Å². The highest BCUT2D eigenvalue weighted by atomic mass is 35.5. The van der Waals surface area contributed by atoms with E-state index in [1.54, 1.807) is 7.11 Å². The number of aliphatic hydroxyl groups excluding tert-OH is 1. The van der Waals surface area contributed by atoms with E-state index in [1.807, 2.05) is 19.1 Å². The Hall–Kier alpha value is -0.810. The molecule has 0 radical (unpaired) electrons. The second kappa shape index (κ2) is 7.99. The van der Waals surface area contributed by atoms with Crippen molar-refractivity contribution in [3.63, 3.8) is 0 Å². The molecule has 1 aliphatic rings. The van der Waals surface area contributed by atoms with Gasteiger partial charge in [-0.1, -0.05) is 11.6 Å². The van der Waals surface area contributed by atoms with Crippen molar-refractivity contribution in [3.05, 3.63) is 28.8 Å². The van der Waals surface area contributed by atoms with E-state index in [-0.39, 0.29) is 6.10 Å². The summed E-state index contributed by atoms with van der Waals surface area (Å²) in [6, 6.07) is 6.04. The number of hydrogen-bond donors (Lipinski definition) is 2. The summed E-state index contributed by atoms with van der Waals surface area (Å²) in [5.74, 6) is 0.356. The van der Waals surface area contributed by atoms with Crippen LogP contribution in [0.15, 0.2) is 18.2 Å². The molecule has 0 aromatic heterocycles. The summed E-state index contributed by atoms with van der Waals surface area (Å²) in [6.45, 7) is 6.06. The van der Waals surface area contributed by atoms with Crippen LogP contribution in [0, 0.1) is 5.92 Å². The highest BCUT2D eigenvalue weighted by molar-refractivity contribution is 6.30. The fourth-order valence-corrected chi connectivity index (χ4v) is 3.00. The molecule has 118 valence electrons. The lowest BCUT2D eigenvalue weighted by Gasteiger charge is -2.23. The van der Waals surface area contributed by atoms with Crippen LogP contribution < -0.4 is 10.2 Å². The summed E-state index contributed by atoms with van der Waals surface area (Å²) in [4.78, 5) is 2.35. The lowest BCUT2D eigenvalue weighted by molar-refractivity contribution is 0.136. The summed E-state index contributed by atoms with van der Waals surface area (Å²) in [5, 5.41) is 13.9. The largest absolute Gasteiger partial charge is 0.393 e. The number of anilines is 1. The van der Waals surface area contributed by atoms with Crippen molar-refractivity contribution in [1.82, 2.24) is 5.32 Å². The lowest BCUT2D eigenvalue weighted by atomic mass is 10.0. The highest BCUT2D eigenvalue weighted by Crippen LogP contribution is 2.30. The fourth-order valence-electron chi connectivity index (χ4n) is 2.80. The van der Waals surface area contributed by atoms with Crippen LogP contribution in [0.2, 0.25) is 5.02 Å². The van der Waals surface area contributed by atoms with Crippen LogP contribution in [0.25, 0.3) is 0 Å². The SMILES string of the molecule is COCCNCc1cc(Cl)ccc1N1CCC(C(C)O)C1. The van der Waals surface area contributed by atoms with E-state index >= 15 is 0 Å². The third-order valence-corrected chi connectivity index (χ3v) is 4.32. The molecule has 1 aromatic rings. The molecule has 2 N–H and O–H groups in total. The van der Waals surface area contributed by atoms with E-state index in [2.05, 4.69) is 16.3 Å². The van der Waals surface area contributed by atoms with E-state index in [0.717, 1.165) is 37.6 Å². The molecule has 0 bridgehead atoms. The van der Waals surface area contributed by atoms with Crippen molar-refractivity contribution in [3.8, 4) is 0 Å². The quantitative estimate of drug-likeness (QED) is 0.758. The number of methoxy groups -OCH3 is 1. The molecule has 0 saturated carbocycles. The molecule has 2 unspecified atom stereocenters. The van der Waals surface area contributed by atoms with Gasteiger partial charge < -0.3 is 20.1 Å². The molecule has 1 saturated heterocycles. The van der Waals surface area contributed by atoms with Gasteiger partial charge in [-0.2, -0.15) is 0 Å². The van der Waals surface area contributed by atoms with E-state index in [1.165, 1.54) is 11.3 Å². The highest BCUT2D eigenvalue weighted by Gasteiger charge is 2.27. The second-order valence-corrected chi connectivity index (χ2v) is 6.11. The van der Waals surface area contributed by atoms with Gasteiger partial charge in [-0.15, -0.1) is 0 Å². The van der Waals surface area contributed by atoms with Crippen molar-refractivity contribution in [2.24, 2.45) is 5.92 Å². The average Bonchev–Trinajstić information content (AvgIpc) is 2.93. The summed E-state index contributed by atoms with van der Waals surface area (Å²) < 4.78 is 5.05. The smallest absolute Gasteiger partial charge is 0.0587 e. The number of nitrogens with one attached hydrogen (secondary N) is 1. The topological polar surface area (TPSA) is 44.7 Å². The van der Waals surface area contributed by atoms with Gasteiger partial charge in [0.2, 0.25) is 0 Å². The summed E-state index contributed by atoms with van der Waals surface area (Å²) in [5.41, 5.74) is 2.41. The van der Waals surface area contributed by atoms with E-state index in [0.29, 0.717) is 12.5 Å². The molecular formula is C16H25ClN2O2. The molecule has 21 heavy (non-hydrogen) atoms. The molecule has 2 atom stereocenters. The van der Waals surface area contributed by atoms with E-state index in [9.17, 15) is 5.11 Å². The van der Waals surface area contributed by atoms with Gasteiger partial charge >= 0.3 is 0 Å². The first-order valence-corrected chi connectivity index (χ1v) is 7.90. The van der Waals surface area contributed by atoms with Crippen LogP contribution in [0.1, 0.15) is 18.9 Å². The Morgan fingerprint density at radius 1 is 1.52 bits per heavy atom. The Morgan fingerprint density at radius 2 is 2.33 bits per heavy atom. The van der Waals surface area contributed by atoms with Gasteiger partial charge in [0.05, 0.1) is 12.7 Å². The molecule has 1 aromatic carbocycles. The molecule has 4 nitrogen and oxygen atoms in total. The molecule has 1 heterocycles. The average molecular weight is 313 g/mol. The minimum absolute atomic E-state index is 0.245. The van der Waals surface area contributed by atoms with Gasteiger partial charge in [0.25, 0.3) is 0 Å². The zero-order valence-electron chi connectivity index (χ0n) is 12.8. The number of rotatable bonds is 7. The van der Waals surface area contributed by atoms with Crippen molar-refractivity contribution in [1.29, 1.82) is 0 Å². The van der Waals surface area contributed by atoms with Gasteiger partial charge in [0.1, 0.15) is 0 Å². The Balaban J connectivity index is 2.04. The summed E-state index contributed by atoms with van der Waals surface area (Å²) in [7, 11) is 1.70. The van der Waals surface area contributed by atoms with Gasteiger partial charge in [0, 0.05) is 49.9 Å². The van der Waals surface area contributed by atoms with Crippen molar-refractivity contribution < 1.29 is 9.84 Å². The van der Waals surface area contributed by atoms with Crippen LogP contribution in [0.5, 0.6) is 0 Å². The minimum atomic E-state index is -0.245. The van der Waals surface area contributed by atoms with Crippen LogP contribution in [0.3, 0.4) is 0 Å². The Bertz CT molecular complexity index is 454. The van der Waals surface area contributed by atoms with Crippen LogP contribution in [0.4, 0.5) is 5.69 Å². The predicted octanol–water partition coefficient (Wildman–Crippen LogP) is 2.28. The maximum atomic E-state index is 9.76. The molecule has 0 spiro atoms. The first-order chi connectivity index (χ1) is 10.1. The van der Waals surface area contributed by atoms with Gasteiger partial charge in [-0.3, -0.25) is 0 Å². The van der Waals surface area contributed by atoms with Crippen LogP contribution in [-0.4, -0.2) is 44.6 Å². The number of aliphatic hydroxyl groups is 1. The first kappa shape index (κ1) is 16.6. The van der Waals surface area contributed by atoms with Crippen LogP contribution >= 0.6 is 11.6 Å². The maximum Gasteiger partial charge on any atom is 0.0587 e. The number of benzene rings is 1. The number of halogens is 1. The van der Waals surface area contributed by atoms with Gasteiger partial charge in [-0.25, -0.2) is 0 Å². The third kappa shape index (κ3) is 4.58. The number of hydrogen-bond acceptors (Lipinski definition) is 4. The summed E-state index contributed by atoms with van der Waals surface area (Å²) >= 11 is 6.13. The minimum Gasteiger partial charge on any atom is -0.393 e. The van der Waals surface area contributed by atoms with Gasteiger partial charge in [-0.05, 0) is 37.1 Å². The lowest BCUT2D eigenvalue weighted by Crippen LogP contribution is -2.26. The van der Waals surface area contributed by atoms with Crippen LogP contribution in [-0.2, 0) is 11.3 Å². The van der Waals surface area contributed by atoms with Crippen molar-refractivity contribution in [2.75, 3.05) is 38.3 Å². The number of ether oxygens (including phenoxy) is 1. The molecule has 0 aliphatic carbocycles. The Morgan fingerprint density at radius 3 is 3.00 bits per heavy atom. The third-order valence-electron chi connectivity index (χ3n) is 4.09. The monoisotopic (exact) mass is 312 g/mol.